The number of carbonyl (C=O) groups is 1. The SMILES string of the molecule is COCCOc1cc2ncnc(Sc3nc(C)c(CC(=O)Nc4cccc(C(F)(F)F)c4)s3)c2cc1OCCOC. The zero-order chi connectivity index (χ0) is 29.4. The maximum Gasteiger partial charge on any atom is 0.416 e. The molecule has 0 saturated heterocycles. The summed E-state index contributed by atoms with van der Waals surface area (Å²) in [5, 5.41) is 3.89. The molecular formula is C27H27F3N4O5S2. The van der Waals surface area contributed by atoms with Crippen molar-refractivity contribution in [2.24, 2.45) is 0 Å². The Bertz CT molecular complexity index is 1500. The average Bonchev–Trinajstić information content (AvgIpc) is 3.26. The number of aryl methyl sites for hydroxylation is 1. The number of ether oxygens (including phenoxy) is 4. The van der Waals surface area contributed by atoms with Gasteiger partial charge in [-0.05, 0) is 43.0 Å². The van der Waals surface area contributed by atoms with Gasteiger partial charge in [0, 0.05) is 36.2 Å². The summed E-state index contributed by atoms with van der Waals surface area (Å²) in [6.45, 7) is 3.22. The van der Waals surface area contributed by atoms with Gasteiger partial charge in [0.1, 0.15) is 24.6 Å². The first-order chi connectivity index (χ1) is 19.7. The summed E-state index contributed by atoms with van der Waals surface area (Å²) in [6.07, 6.45) is -3.09. The van der Waals surface area contributed by atoms with Crippen molar-refractivity contribution in [1.82, 2.24) is 15.0 Å². The molecular weight excluding hydrogens is 581 g/mol. The Balaban J connectivity index is 1.52. The molecule has 0 unspecified atom stereocenters. The van der Waals surface area contributed by atoms with Gasteiger partial charge < -0.3 is 24.3 Å². The molecule has 218 valence electrons. The highest BCUT2D eigenvalue weighted by Crippen LogP contribution is 2.39. The minimum absolute atomic E-state index is 0.0372. The third kappa shape index (κ3) is 8.28. The molecule has 0 aliphatic heterocycles. The lowest BCUT2D eigenvalue weighted by Crippen LogP contribution is -2.15. The molecule has 4 rings (SSSR count). The van der Waals surface area contributed by atoms with E-state index in [2.05, 4.69) is 20.3 Å². The normalized spacial score (nSPS) is 11.6. The Morgan fingerprint density at radius 1 is 1.00 bits per heavy atom. The summed E-state index contributed by atoms with van der Waals surface area (Å²) in [6, 6.07) is 8.09. The van der Waals surface area contributed by atoms with Crippen LogP contribution in [0.15, 0.2) is 52.1 Å². The van der Waals surface area contributed by atoms with Gasteiger partial charge in [-0.15, -0.1) is 11.3 Å². The summed E-state index contributed by atoms with van der Waals surface area (Å²) >= 11 is 2.62. The quantitative estimate of drug-likeness (QED) is 0.149. The van der Waals surface area contributed by atoms with Crippen molar-refractivity contribution in [1.29, 1.82) is 0 Å². The fourth-order valence-corrected chi connectivity index (χ4v) is 5.85. The number of fused-ring (bicyclic) bond motifs is 1. The number of alkyl halides is 3. The van der Waals surface area contributed by atoms with Gasteiger partial charge in [-0.3, -0.25) is 4.79 Å². The van der Waals surface area contributed by atoms with Crippen LogP contribution in [0.5, 0.6) is 11.5 Å². The highest BCUT2D eigenvalue weighted by Gasteiger charge is 2.30. The van der Waals surface area contributed by atoms with E-state index >= 15 is 0 Å². The van der Waals surface area contributed by atoms with E-state index in [0.29, 0.717) is 63.4 Å². The predicted octanol–water partition coefficient (Wildman–Crippen LogP) is 5.80. The Morgan fingerprint density at radius 2 is 1.71 bits per heavy atom. The van der Waals surface area contributed by atoms with E-state index in [0.717, 1.165) is 17.5 Å². The number of nitrogens with one attached hydrogen (secondary N) is 1. The number of thiazole rings is 1. The van der Waals surface area contributed by atoms with Crippen molar-refractivity contribution in [3.8, 4) is 11.5 Å². The number of halogens is 3. The average molecular weight is 609 g/mol. The van der Waals surface area contributed by atoms with E-state index < -0.39 is 17.6 Å². The minimum atomic E-state index is -4.50. The third-order valence-corrected chi connectivity index (χ3v) is 7.84. The number of carbonyl (C=O) groups excluding carboxylic acids is 1. The summed E-state index contributed by atoms with van der Waals surface area (Å²) < 4.78 is 61.5. The molecule has 4 aromatic rings. The summed E-state index contributed by atoms with van der Waals surface area (Å²) in [5.41, 5.74) is 0.527. The zero-order valence-electron chi connectivity index (χ0n) is 22.4. The fourth-order valence-electron chi connectivity index (χ4n) is 3.63. The van der Waals surface area contributed by atoms with E-state index in [4.69, 9.17) is 18.9 Å². The number of anilines is 1. The first-order valence-corrected chi connectivity index (χ1v) is 13.9. The second-order valence-electron chi connectivity index (χ2n) is 8.57. The van der Waals surface area contributed by atoms with Crippen LogP contribution in [0.3, 0.4) is 0 Å². The van der Waals surface area contributed by atoms with Gasteiger partial charge in [-0.1, -0.05) is 6.07 Å². The second-order valence-corrected chi connectivity index (χ2v) is 10.9. The molecule has 0 bridgehead atoms. The van der Waals surface area contributed by atoms with Crippen LogP contribution >= 0.6 is 23.1 Å². The smallest absolute Gasteiger partial charge is 0.416 e. The highest BCUT2D eigenvalue weighted by atomic mass is 32.2. The Labute approximate surface area is 242 Å². The molecule has 0 aliphatic carbocycles. The van der Waals surface area contributed by atoms with Crippen molar-refractivity contribution in [2.45, 2.75) is 28.9 Å². The molecule has 2 heterocycles. The number of hydrogen-bond acceptors (Lipinski definition) is 10. The van der Waals surface area contributed by atoms with Crippen molar-refractivity contribution >= 4 is 45.6 Å². The number of aromatic nitrogens is 3. The number of benzene rings is 2. The first kappa shape index (κ1) is 30.5. The molecule has 14 heteroatoms. The van der Waals surface area contributed by atoms with E-state index in [1.807, 2.05) is 0 Å². The monoisotopic (exact) mass is 608 g/mol. The standard InChI is InChI=1S/C27H27F3N4O5S2/c1-16-23(14-24(35)34-18-6-4-5-17(11-18)27(28,29)30)40-26(33-16)41-25-19-12-21(38-9-7-36-2)22(39-10-8-37-3)13-20(19)31-15-32-25/h4-6,11-13,15H,7-10,14H2,1-3H3,(H,34,35). The molecule has 0 saturated carbocycles. The zero-order valence-corrected chi connectivity index (χ0v) is 24.0. The summed E-state index contributed by atoms with van der Waals surface area (Å²) in [4.78, 5) is 26.7. The molecule has 0 fully saturated rings. The molecule has 41 heavy (non-hydrogen) atoms. The van der Waals surface area contributed by atoms with Crippen molar-refractivity contribution in [2.75, 3.05) is 46.0 Å². The van der Waals surface area contributed by atoms with Gasteiger partial charge in [0.25, 0.3) is 0 Å². The number of hydrogen-bond donors (Lipinski definition) is 1. The van der Waals surface area contributed by atoms with Gasteiger partial charge in [-0.25, -0.2) is 15.0 Å². The summed E-state index contributed by atoms with van der Waals surface area (Å²) in [7, 11) is 3.17. The van der Waals surface area contributed by atoms with Crippen LogP contribution in [-0.2, 0) is 26.9 Å². The van der Waals surface area contributed by atoms with Crippen molar-refractivity contribution in [3.05, 3.63) is 58.9 Å². The van der Waals surface area contributed by atoms with Crippen LogP contribution in [0, 0.1) is 6.92 Å². The molecule has 2 aromatic carbocycles. The molecule has 0 atom stereocenters. The van der Waals surface area contributed by atoms with Crippen LogP contribution in [0.2, 0.25) is 0 Å². The van der Waals surface area contributed by atoms with E-state index in [9.17, 15) is 18.0 Å². The van der Waals surface area contributed by atoms with Crippen LogP contribution in [0.25, 0.3) is 10.9 Å². The first-order valence-electron chi connectivity index (χ1n) is 12.3. The molecule has 1 amide bonds. The van der Waals surface area contributed by atoms with Gasteiger partial charge in [0.2, 0.25) is 5.91 Å². The number of amides is 1. The molecule has 0 aliphatic rings. The van der Waals surface area contributed by atoms with Crippen LogP contribution < -0.4 is 14.8 Å². The van der Waals surface area contributed by atoms with Crippen molar-refractivity contribution in [3.63, 3.8) is 0 Å². The largest absolute Gasteiger partial charge is 0.487 e. The van der Waals surface area contributed by atoms with E-state index in [1.54, 1.807) is 33.3 Å². The van der Waals surface area contributed by atoms with Gasteiger partial charge >= 0.3 is 6.18 Å². The third-order valence-electron chi connectivity index (χ3n) is 5.61. The lowest BCUT2D eigenvalue weighted by atomic mass is 10.2. The predicted molar refractivity (Wildman–Crippen MR) is 149 cm³/mol. The Hall–Kier alpha value is -3.46. The van der Waals surface area contributed by atoms with Gasteiger partial charge in [0.15, 0.2) is 15.8 Å². The maximum absolute atomic E-state index is 13.0. The lowest BCUT2D eigenvalue weighted by molar-refractivity contribution is -0.137. The summed E-state index contributed by atoms with van der Waals surface area (Å²) in [5.74, 6) is 0.572. The van der Waals surface area contributed by atoms with Crippen LogP contribution in [0.1, 0.15) is 16.1 Å². The maximum atomic E-state index is 13.0. The molecule has 1 N–H and O–H groups in total. The highest BCUT2D eigenvalue weighted by molar-refractivity contribution is 8.01. The Kier molecular flexibility index (Phi) is 10.4. The lowest BCUT2D eigenvalue weighted by Gasteiger charge is -2.14. The fraction of sp³-hybridized carbons (Fsp3) is 0.333. The minimum Gasteiger partial charge on any atom is -0.487 e. The molecule has 0 spiro atoms. The van der Waals surface area contributed by atoms with Crippen LogP contribution in [0.4, 0.5) is 18.9 Å². The van der Waals surface area contributed by atoms with E-state index in [-0.39, 0.29) is 12.1 Å². The van der Waals surface area contributed by atoms with Crippen molar-refractivity contribution < 1.29 is 36.9 Å². The Morgan fingerprint density at radius 3 is 2.39 bits per heavy atom. The number of rotatable bonds is 13. The van der Waals surface area contributed by atoms with Gasteiger partial charge in [-0.2, -0.15) is 13.2 Å². The van der Waals surface area contributed by atoms with Crippen LogP contribution in [-0.4, -0.2) is 61.5 Å². The van der Waals surface area contributed by atoms with E-state index in [1.165, 1.54) is 41.6 Å². The molecule has 2 aromatic heterocycles. The topological polar surface area (TPSA) is 105 Å². The second kappa shape index (κ2) is 13.9. The molecule has 0 radical (unpaired) electrons. The van der Waals surface area contributed by atoms with Gasteiger partial charge in [0.05, 0.1) is 36.4 Å². The molecule has 9 nitrogen and oxygen atoms in total. The number of methoxy groups -OCH3 is 2. The number of nitrogens with zero attached hydrogens (tertiary/aromatic N) is 3.